The first-order chi connectivity index (χ1) is 8.46. The summed E-state index contributed by atoms with van der Waals surface area (Å²) in [6, 6.07) is 0. The SMILES string of the molecule is CCCCCC[C@@H](CC)C(=O)NC[C@@](C)(O)CC. The molecule has 0 spiro atoms. The highest BCUT2D eigenvalue weighted by Gasteiger charge is 2.21. The Morgan fingerprint density at radius 1 is 1.22 bits per heavy atom. The molecular formula is C15H31NO2. The first kappa shape index (κ1) is 17.4. The maximum absolute atomic E-state index is 12.0. The predicted octanol–water partition coefficient (Wildman–Crippen LogP) is 3.26. The van der Waals surface area contributed by atoms with E-state index in [2.05, 4.69) is 19.2 Å². The summed E-state index contributed by atoms with van der Waals surface area (Å²) < 4.78 is 0. The molecular weight excluding hydrogens is 226 g/mol. The first-order valence-electron chi connectivity index (χ1n) is 7.46. The molecule has 1 amide bonds. The van der Waals surface area contributed by atoms with Gasteiger partial charge in [0.15, 0.2) is 0 Å². The average Bonchev–Trinajstić information content (AvgIpc) is 2.36. The lowest BCUT2D eigenvalue weighted by Gasteiger charge is -2.23. The second-order valence-corrected chi connectivity index (χ2v) is 5.52. The Labute approximate surface area is 112 Å². The van der Waals surface area contributed by atoms with Gasteiger partial charge in [0.25, 0.3) is 0 Å². The van der Waals surface area contributed by atoms with Crippen LogP contribution in [0.1, 0.15) is 72.6 Å². The quantitative estimate of drug-likeness (QED) is 0.590. The van der Waals surface area contributed by atoms with E-state index in [0.29, 0.717) is 13.0 Å². The van der Waals surface area contributed by atoms with Gasteiger partial charge in [0.1, 0.15) is 0 Å². The van der Waals surface area contributed by atoms with Crippen molar-refractivity contribution >= 4 is 5.91 Å². The molecule has 0 radical (unpaired) electrons. The first-order valence-corrected chi connectivity index (χ1v) is 7.46. The number of hydrogen-bond acceptors (Lipinski definition) is 2. The van der Waals surface area contributed by atoms with Crippen LogP contribution in [0.2, 0.25) is 0 Å². The van der Waals surface area contributed by atoms with Crippen LogP contribution < -0.4 is 5.32 Å². The molecule has 18 heavy (non-hydrogen) atoms. The van der Waals surface area contributed by atoms with Crippen molar-refractivity contribution in [2.75, 3.05) is 6.54 Å². The van der Waals surface area contributed by atoms with E-state index >= 15 is 0 Å². The highest BCUT2D eigenvalue weighted by Crippen LogP contribution is 2.15. The van der Waals surface area contributed by atoms with Crippen molar-refractivity contribution < 1.29 is 9.90 Å². The molecule has 108 valence electrons. The molecule has 0 aromatic rings. The summed E-state index contributed by atoms with van der Waals surface area (Å²) in [4.78, 5) is 12.0. The van der Waals surface area contributed by atoms with Crippen molar-refractivity contribution in [2.24, 2.45) is 5.92 Å². The van der Waals surface area contributed by atoms with Crippen molar-refractivity contribution in [3.63, 3.8) is 0 Å². The fourth-order valence-electron chi connectivity index (χ4n) is 1.88. The normalized spacial score (nSPS) is 16.1. The van der Waals surface area contributed by atoms with Gasteiger partial charge in [-0.05, 0) is 26.2 Å². The number of amides is 1. The molecule has 0 aliphatic rings. The number of unbranched alkanes of at least 4 members (excludes halogenated alkanes) is 3. The van der Waals surface area contributed by atoms with Crippen LogP contribution in [-0.2, 0) is 4.79 Å². The maximum atomic E-state index is 12.0. The second-order valence-electron chi connectivity index (χ2n) is 5.52. The predicted molar refractivity (Wildman–Crippen MR) is 76.5 cm³/mol. The van der Waals surface area contributed by atoms with Gasteiger partial charge < -0.3 is 10.4 Å². The van der Waals surface area contributed by atoms with Crippen molar-refractivity contribution in [3.05, 3.63) is 0 Å². The van der Waals surface area contributed by atoms with Crippen LogP contribution in [0.4, 0.5) is 0 Å². The summed E-state index contributed by atoms with van der Waals surface area (Å²) in [7, 11) is 0. The Morgan fingerprint density at radius 2 is 1.89 bits per heavy atom. The van der Waals surface area contributed by atoms with Crippen LogP contribution in [0.15, 0.2) is 0 Å². The minimum Gasteiger partial charge on any atom is -0.388 e. The fraction of sp³-hybridized carbons (Fsp3) is 0.933. The molecule has 0 aliphatic carbocycles. The number of aliphatic hydroxyl groups is 1. The van der Waals surface area contributed by atoms with Gasteiger partial charge >= 0.3 is 0 Å². The van der Waals surface area contributed by atoms with Gasteiger partial charge in [0.05, 0.1) is 5.60 Å². The minimum atomic E-state index is -0.782. The number of hydrogen-bond donors (Lipinski definition) is 2. The maximum Gasteiger partial charge on any atom is 0.223 e. The van der Waals surface area contributed by atoms with E-state index in [-0.39, 0.29) is 11.8 Å². The Balaban J connectivity index is 3.96. The lowest BCUT2D eigenvalue weighted by atomic mass is 9.96. The van der Waals surface area contributed by atoms with Crippen molar-refractivity contribution in [1.29, 1.82) is 0 Å². The van der Waals surface area contributed by atoms with E-state index in [1.807, 2.05) is 6.92 Å². The van der Waals surface area contributed by atoms with Gasteiger partial charge in [-0.1, -0.05) is 46.5 Å². The standard InChI is InChI=1S/C15H31NO2/c1-5-8-9-10-11-13(6-2)14(17)16-12-15(4,18)7-3/h13,18H,5-12H2,1-4H3,(H,16,17)/t13-,15+/m1/s1. The Morgan fingerprint density at radius 3 is 2.39 bits per heavy atom. The Kier molecular flexibility index (Phi) is 9.08. The summed E-state index contributed by atoms with van der Waals surface area (Å²) in [5.41, 5.74) is -0.782. The van der Waals surface area contributed by atoms with Crippen LogP contribution in [0.25, 0.3) is 0 Å². The molecule has 0 aromatic heterocycles. The summed E-state index contributed by atoms with van der Waals surface area (Å²) in [5, 5.41) is 12.7. The van der Waals surface area contributed by atoms with Gasteiger partial charge in [-0.25, -0.2) is 0 Å². The summed E-state index contributed by atoms with van der Waals surface area (Å²) >= 11 is 0. The molecule has 0 saturated heterocycles. The third-order valence-electron chi connectivity index (χ3n) is 3.67. The Hall–Kier alpha value is -0.570. The highest BCUT2D eigenvalue weighted by atomic mass is 16.3. The van der Waals surface area contributed by atoms with E-state index in [1.54, 1.807) is 6.92 Å². The van der Waals surface area contributed by atoms with Crippen molar-refractivity contribution in [3.8, 4) is 0 Å². The van der Waals surface area contributed by atoms with E-state index in [4.69, 9.17) is 0 Å². The van der Waals surface area contributed by atoms with Crippen LogP contribution in [0.3, 0.4) is 0 Å². The lowest BCUT2D eigenvalue weighted by Crippen LogP contribution is -2.42. The highest BCUT2D eigenvalue weighted by molar-refractivity contribution is 5.78. The topological polar surface area (TPSA) is 49.3 Å². The van der Waals surface area contributed by atoms with Gasteiger partial charge in [0.2, 0.25) is 5.91 Å². The molecule has 0 saturated carbocycles. The monoisotopic (exact) mass is 257 g/mol. The van der Waals surface area contributed by atoms with Crippen molar-refractivity contribution in [1.82, 2.24) is 5.32 Å². The van der Waals surface area contributed by atoms with Gasteiger partial charge in [-0.2, -0.15) is 0 Å². The van der Waals surface area contributed by atoms with E-state index < -0.39 is 5.60 Å². The molecule has 2 atom stereocenters. The van der Waals surface area contributed by atoms with E-state index in [9.17, 15) is 9.90 Å². The zero-order valence-corrected chi connectivity index (χ0v) is 12.6. The summed E-state index contributed by atoms with van der Waals surface area (Å²) in [5.74, 6) is 0.206. The largest absolute Gasteiger partial charge is 0.388 e. The lowest BCUT2D eigenvalue weighted by molar-refractivity contribution is -0.126. The minimum absolute atomic E-state index is 0.0997. The van der Waals surface area contributed by atoms with Crippen LogP contribution >= 0.6 is 0 Å². The van der Waals surface area contributed by atoms with Gasteiger partial charge in [-0.15, -0.1) is 0 Å². The van der Waals surface area contributed by atoms with Gasteiger partial charge in [0, 0.05) is 12.5 Å². The molecule has 0 aromatic carbocycles. The van der Waals surface area contributed by atoms with Crippen LogP contribution in [0, 0.1) is 5.92 Å². The number of rotatable bonds is 10. The summed E-state index contributed by atoms with van der Waals surface area (Å²) in [6.45, 7) is 8.29. The fourth-order valence-corrected chi connectivity index (χ4v) is 1.88. The number of carbonyl (C=O) groups is 1. The molecule has 0 heterocycles. The zero-order valence-electron chi connectivity index (χ0n) is 12.6. The molecule has 0 unspecified atom stereocenters. The van der Waals surface area contributed by atoms with E-state index in [1.165, 1.54) is 19.3 Å². The van der Waals surface area contributed by atoms with Crippen molar-refractivity contribution in [2.45, 2.75) is 78.2 Å². The van der Waals surface area contributed by atoms with Crippen LogP contribution in [0.5, 0.6) is 0 Å². The third kappa shape index (κ3) is 7.70. The second kappa shape index (κ2) is 9.37. The van der Waals surface area contributed by atoms with Gasteiger partial charge in [-0.3, -0.25) is 4.79 Å². The molecule has 0 aliphatic heterocycles. The average molecular weight is 257 g/mol. The molecule has 0 bridgehead atoms. The molecule has 3 nitrogen and oxygen atoms in total. The van der Waals surface area contributed by atoms with Crippen LogP contribution in [-0.4, -0.2) is 23.2 Å². The molecule has 2 N–H and O–H groups in total. The number of nitrogens with one attached hydrogen (secondary N) is 1. The smallest absolute Gasteiger partial charge is 0.223 e. The summed E-state index contributed by atoms with van der Waals surface area (Å²) in [6.07, 6.45) is 7.32. The Bertz CT molecular complexity index is 227. The molecule has 3 heteroatoms. The number of carbonyl (C=O) groups excluding carboxylic acids is 1. The zero-order chi connectivity index (χ0) is 14.0. The molecule has 0 rings (SSSR count). The third-order valence-corrected chi connectivity index (χ3v) is 3.67. The molecule has 0 fully saturated rings. The van der Waals surface area contributed by atoms with E-state index in [0.717, 1.165) is 19.3 Å².